The predicted octanol–water partition coefficient (Wildman–Crippen LogP) is 2.88. The molecule has 0 saturated carbocycles. The number of piperidine rings is 1. The van der Waals surface area contributed by atoms with Crippen molar-refractivity contribution in [1.82, 2.24) is 4.90 Å². The molecule has 6 heteroatoms. The highest BCUT2D eigenvalue weighted by molar-refractivity contribution is 7.10. The molecule has 2 aliphatic heterocycles. The van der Waals surface area contributed by atoms with Crippen LogP contribution in [0, 0.1) is 0 Å². The molecule has 0 bridgehead atoms. The number of fused-ring (bicyclic) bond motifs is 2. The number of hydrogen-bond donors (Lipinski definition) is 1. The van der Waals surface area contributed by atoms with Gasteiger partial charge in [-0.05, 0) is 47.5 Å². The van der Waals surface area contributed by atoms with Gasteiger partial charge in [-0.15, -0.1) is 11.3 Å². The second-order valence-electron chi connectivity index (χ2n) is 6.85. The Bertz CT molecular complexity index is 777. The molecule has 1 unspecified atom stereocenters. The molecule has 4 rings (SSSR count). The van der Waals surface area contributed by atoms with E-state index in [-0.39, 0.29) is 11.5 Å². The van der Waals surface area contributed by atoms with Gasteiger partial charge in [0, 0.05) is 24.4 Å². The van der Waals surface area contributed by atoms with Gasteiger partial charge in [0.1, 0.15) is 5.75 Å². The topological polar surface area (TPSA) is 59.0 Å². The van der Waals surface area contributed by atoms with E-state index < -0.39 is 6.10 Å². The molecule has 1 saturated heterocycles. The van der Waals surface area contributed by atoms with Crippen LogP contribution < -0.4 is 4.74 Å². The van der Waals surface area contributed by atoms with Crippen LogP contribution in [-0.4, -0.2) is 42.7 Å². The van der Waals surface area contributed by atoms with Crippen LogP contribution in [0.25, 0.3) is 0 Å². The number of carbonyl (C=O) groups excluding carboxylic acids is 1. The summed E-state index contributed by atoms with van der Waals surface area (Å²) in [5.74, 6) is 0.459. The highest BCUT2D eigenvalue weighted by Gasteiger charge is 2.42. The third kappa shape index (κ3) is 3.02. The zero-order valence-electron chi connectivity index (χ0n) is 14.8. The number of thiophene rings is 1. The third-order valence-electron chi connectivity index (χ3n) is 5.49. The molecular weight excluding hydrogens is 350 g/mol. The van der Waals surface area contributed by atoms with E-state index >= 15 is 0 Å². The number of nitrogens with zero attached hydrogens (tertiary/aromatic N) is 1. The fourth-order valence-corrected chi connectivity index (χ4v) is 4.91. The van der Waals surface area contributed by atoms with Crippen molar-refractivity contribution in [2.24, 2.45) is 0 Å². The first-order valence-corrected chi connectivity index (χ1v) is 9.82. The number of carbonyl (C=O) groups is 1. The Morgan fingerprint density at radius 2 is 2.00 bits per heavy atom. The van der Waals surface area contributed by atoms with Crippen molar-refractivity contribution in [2.45, 2.75) is 31.0 Å². The van der Waals surface area contributed by atoms with Gasteiger partial charge >= 0.3 is 0 Å². The summed E-state index contributed by atoms with van der Waals surface area (Å²) < 4.78 is 11.3. The van der Waals surface area contributed by atoms with E-state index in [1.807, 2.05) is 0 Å². The Kier molecular flexibility index (Phi) is 4.73. The molecule has 5 nitrogen and oxygen atoms in total. The second kappa shape index (κ2) is 7.02. The molecule has 1 spiro atoms. The van der Waals surface area contributed by atoms with Crippen LogP contribution >= 0.6 is 11.3 Å². The predicted molar refractivity (Wildman–Crippen MR) is 99.4 cm³/mol. The van der Waals surface area contributed by atoms with Gasteiger partial charge in [0.05, 0.1) is 19.3 Å². The van der Waals surface area contributed by atoms with Crippen molar-refractivity contribution in [2.75, 3.05) is 26.8 Å². The first-order valence-electron chi connectivity index (χ1n) is 8.94. The quantitative estimate of drug-likeness (QED) is 0.899. The summed E-state index contributed by atoms with van der Waals surface area (Å²) in [7, 11) is 1.59. The number of ether oxygens (including phenoxy) is 2. The molecule has 138 valence electrons. The van der Waals surface area contributed by atoms with Crippen LogP contribution in [0.15, 0.2) is 35.7 Å². The number of aliphatic hydroxyl groups excluding tert-OH is 1. The Labute approximate surface area is 157 Å². The van der Waals surface area contributed by atoms with Gasteiger partial charge < -0.3 is 19.5 Å². The molecule has 2 aromatic rings. The molecule has 1 aromatic heterocycles. The minimum absolute atomic E-state index is 0.244. The highest BCUT2D eigenvalue weighted by Crippen LogP contribution is 2.43. The maximum Gasteiger partial charge on any atom is 0.256 e. The number of likely N-dealkylation sites (tertiary alicyclic amines) is 1. The van der Waals surface area contributed by atoms with Crippen LogP contribution in [0.4, 0.5) is 0 Å². The molecule has 26 heavy (non-hydrogen) atoms. The average Bonchev–Trinajstić information content (AvgIpc) is 3.18. The number of hydrogen-bond acceptors (Lipinski definition) is 5. The molecule has 3 heterocycles. The van der Waals surface area contributed by atoms with Crippen molar-refractivity contribution >= 4 is 17.2 Å². The Morgan fingerprint density at radius 1 is 1.27 bits per heavy atom. The van der Waals surface area contributed by atoms with Gasteiger partial charge in [-0.3, -0.25) is 4.79 Å². The minimum atomic E-state index is -1.14. The lowest BCUT2D eigenvalue weighted by atomic mass is 9.82. The number of amides is 1. The van der Waals surface area contributed by atoms with E-state index in [4.69, 9.17) is 9.47 Å². The van der Waals surface area contributed by atoms with Crippen LogP contribution in [0.5, 0.6) is 5.75 Å². The van der Waals surface area contributed by atoms with E-state index in [1.54, 1.807) is 47.6 Å². The number of aliphatic hydroxyl groups is 1. The maximum absolute atomic E-state index is 12.7. The second-order valence-corrected chi connectivity index (χ2v) is 7.85. The largest absolute Gasteiger partial charge is 0.497 e. The summed E-state index contributed by atoms with van der Waals surface area (Å²) in [5.41, 5.74) is 1.64. The zero-order chi connectivity index (χ0) is 18.1. The van der Waals surface area contributed by atoms with Gasteiger partial charge in [-0.1, -0.05) is 12.1 Å². The first kappa shape index (κ1) is 17.5. The molecule has 1 atom stereocenters. The summed E-state index contributed by atoms with van der Waals surface area (Å²) in [6.07, 6.45) is 1.39. The Morgan fingerprint density at radius 3 is 2.69 bits per heavy atom. The molecule has 1 N–H and O–H groups in total. The first-order chi connectivity index (χ1) is 12.6. The maximum atomic E-state index is 12.7. The van der Waals surface area contributed by atoms with E-state index in [0.29, 0.717) is 24.4 Å². The van der Waals surface area contributed by atoms with Crippen LogP contribution in [0.1, 0.15) is 34.9 Å². The molecule has 0 aliphatic carbocycles. The SMILES string of the molecule is COc1ccc(C(O)C(=O)N2CCC3(CC2)OCCc2sccc23)cc1. The summed E-state index contributed by atoms with van der Waals surface area (Å²) in [4.78, 5) is 15.9. The summed E-state index contributed by atoms with van der Waals surface area (Å²) in [5, 5.41) is 12.6. The van der Waals surface area contributed by atoms with Crippen molar-refractivity contribution in [3.63, 3.8) is 0 Å². The van der Waals surface area contributed by atoms with E-state index in [9.17, 15) is 9.90 Å². The molecular formula is C20H23NO4S. The van der Waals surface area contributed by atoms with E-state index in [2.05, 4.69) is 11.4 Å². The van der Waals surface area contributed by atoms with E-state index in [1.165, 1.54) is 10.4 Å². The van der Waals surface area contributed by atoms with Gasteiger partial charge in [-0.25, -0.2) is 0 Å². The molecule has 2 aliphatic rings. The number of benzene rings is 1. The summed E-state index contributed by atoms with van der Waals surface area (Å²) >= 11 is 1.79. The summed E-state index contributed by atoms with van der Waals surface area (Å²) in [6, 6.07) is 9.14. The normalized spacial score (nSPS) is 19.8. The van der Waals surface area contributed by atoms with Gasteiger partial charge in [0.25, 0.3) is 5.91 Å². The Hall–Kier alpha value is -1.89. The standard InChI is InChI=1S/C20H23NO4S/c1-24-15-4-2-14(3-5-15)18(22)19(23)21-10-8-20(9-11-21)16-7-13-26-17(16)6-12-25-20/h2-5,7,13,18,22H,6,8-12H2,1H3. The van der Waals surface area contributed by atoms with Crippen LogP contribution in [0.3, 0.4) is 0 Å². The molecule has 1 amide bonds. The van der Waals surface area contributed by atoms with Gasteiger partial charge in [-0.2, -0.15) is 0 Å². The van der Waals surface area contributed by atoms with Crippen LogP contribution in [0.2, 0.25) is 0 Å². The Balaban J connectivity index is 1.44. The lowest BCUT2D eigenvalue weighted by Gasteiger charge is -2.44. The molecule has 1 aromatic carbocycles. The third-order valence-corrected chi connectivity index (χ3v) is 6.47. The minimum Gasteiger partial charge on any atom is -0.497 e. The van der Waals surface area contributed by atoms with Crippen molar-refractivity contribution in [3.8, 4) is 5.75 Å². The van der Waals surface area contributed by atoms with Crippen molar-refractivity contribution in [1.29, 1.82) is 0 Å². The lowest BCUT2D eigenvalue weighted by molar-refractivity contribution is -0.149. The zero-order valence-corrected chi connectivity index (χ0v) is 15.6. The van der Waals surface area contributed by atoms with E-state index in [0.717, 1.165) is 25.9 Å². The van der Waals surface area contributed by atoms with Gasteiger partial charge in [0.15, 0.2) is 6.10 Å². The highest BCUT2D eigenvalue weighted by atomic mass is 32.1. The smallest absolute Gasteiger partial charge is 0.256 e. The van der Waals surface area contributed by atoms with Crippen molar-refractivity contribution in [3.05, 3.63) is 51.7 Å². The molecule has 1 fully saturated rings. The monoisotopic (exact) mass is 373 g/mol. The fraction of sp³-hybridized carbons (Fsp3) is 0.450. The fourth-order valence-electron chi connectivity index (χ4n) is 3.96. The van der Waals surface area contributed by atoms with Crippen molar-refractivity contribution < 1.29 is 19.4 Å². The van der Waals surface area contributed by atoms with Gasteiger partial charge in [0.2, 0.25) is 0 Å². The lowest BCUT2D eigenvalue weighted by Crippen LogP contribution is -2.49. The summed E-state index contributed by atoms with van der Waals surface area (Å²) in [6.45, 7) is 1.94. The number of methoxy groups -OCH3 is 1. The molecule has 0 radical (unpaired) electrons. The average molecular weight is 373 g/mol. The van der Waals surface area contributed by atoms with Crippen LogP contribution in [-0.2, 0) is 21.6 Å². The number of rotatable bonds is 3.